The first kappa shape index (κ1) is 14.6. The van der Waals surface area contributed by atoms with Gasteiger partial charge in [-0.15, -0.1) is 0 Å². The standard InChI is InChI=1S/C18H26N2O/c1-12(2)14-4-6-15(7-5-14)16-10-17(16)18(21)20-9-8-19-13(3)11-20/h4-7,12-13,16-17,19H,8-11H2,1-3H3. The Morgan fingerprint density at radius 2 is 2.00 bits per heavy atom. The molecule has 3 rings (SSSR count). The van der Waals surface area contributed by atoms with E-state index in [1.54, 1.807) is 0 Å². The lowest BCUT2D eigenvalue weighted by atomic mass is 10.00. The molecule has 3 heteroatoms. The third-order valence-corrected chi connectivity index (χ3v) is 4.82. The van der Waals surface area contributed by atoms with E-state index in [4.69, 9.17) is 0 Å². The highest BCUT2D eigenvalue weighted by Gasteiger charge is 2.46. The summed E-state index contributed by atoms with van der Waals surface area (Å²) < 4.78 is 0. The van der Waals surface area contributed by atoms with Crippen molar-refractivity contribution in [3.05, 3.63) is 35.4 Å². The number of nitrogens with zero attached hydrogens (tertiary/aromatic N) is 1. The van der Waals surface area contributed by atoms with Gasteiger partial charge < -0.3 is 10.2 Å². The quantitative estimate of drug-likeness (QED) is 0.926. The third kappa shape index (κ3) is 3.13. The molecule has 1 saturated carbocycles. The summed E-state index contributed by atoms with van der Waals surface area (Å²) in [6, 6.07) is 9.28. The van der Waals surface area contributed by atoms with Crippen LogP contribution in [0.1, 0.15) is 50.2 Å². The number of carbonyl (C=O) groups is 1. The summed E-state index contributed by atoms with van der Waals surface area (Å²) in [5, 5.41) is 3.39. The smallest absolute Gasteiger partial charge is 0.226 e. The Balaban J connectivity index is 1.61. The molecule has 0 aromatic heterocycles. The molecule has 0 spiro atoms. The van der Waals surface area contributed by atoms with Crippen molar-refractivity contribution in [3.8, 4) is 0 Å². The lowest BCUT2D eigenvalue weighted by Gasteiger charge is -2.32. The average Bonchev–Trinajstić information content (AvgIpc) is 3.27. The number of piperazine rings is 1. The minimum Gasteiger partial charge on any atom is -0.340 e. The normalized spacial score (nSPS) is 28.8. The number of benzene rings is 1. The van der Waals surface area contributed by atoms with Crippen LogP contribution in [0.15, 0.2) is 24.3 Å². The van der Waals surface area contributed by atoms with Gasteiger partial charge in [-0.2, -0.15) is 0 Å². The molecule has 2 fully saturated rings. The predicted molar refractivity (Wildman–Crippen MR) is 85.4 cm³/mol. The van der Waals surface area contributed by atoms with E-state index in [1.165, 1.54) is 11.1 Å². The molecule has 1 aromatic carbocycles. The van der Waals surface area contributed by atoms with Gasteiger partial charge in [0.2, 0.25) is 5.91 Å². The van der Waals surface area contributed by atoms with Crippen LogP contribution in [0.3, 0.4) is 0 Å². The lowest BCUT2D eigenvalue weighted by molar-refractivity contribution is -0.133. The van der Waals surface area contributed by atoms with Crippen molar-refractivity contribution in [1.29, 1.82) is 0 Å². The monoisotopic (exact) mass is 286 g/mol. The van der Waals surface area contributed by atoms with Crippen LogP contribution in [0, 0.1) is 5.92 Å². The second-order valence-electron chi connectivity index (χ2n) is 6.91. The van der Waals surface area contributed by atoms with Gasteiger partial charge in [0, 0.05) is 31.6 Å². The maximum atomic E-state index is 12.6. The topological polar surface area (TPSA) is 32.3 Å². The molecule has 1 heterocycles. The van der Waals surface area contributed by atoms with Crippen LogP contribution in [0.5, 0.6) is 0 Å². The first-order chi connectivity index (χ1) is 10.1. The molecule has 1 aliphatic carbocycles. The SMILES string of the molecule is CC1CN(C(=O)C2CC2c2ccc(C(C)C)cc2)CCN1. The summed E-state index contributed by atoms with van der Waals surface area (Å²) in [5.41, 5.74) is 2.71. The van der Waals surface area contributed by atoms with Crippen molar-refractivity contribution in [2.75, 3.05) is 19.6 Å². The highest BCUT2D eigenvalue weighted by atomic mass is 16.2. The van der Waals surface area contributed by atoms with Crippen molar-refractivity contribution in [2.24, 2.45) is 5.92 Å². The zero-order valence-corrected chi connectivity index (χ0v) is 13.3. The first-order valence-electron chi connectivity index (χ1n) is 8.18. The largest absolute Gasteiger partial charge is 0.340 e. The fourth-order valence-corrected chi connectivity index (χ4v) is 3.33. The Morgan fingerprint density at radius 1 is 1.29 bits per heavy atom. The van der Waals surface area contributed by atoms with E-state index in [-0.39, 0.29) is 5.92 Å². The minimum atomic E-state index is 0.222. The maximum Gasteiger partial charge on any atom is 0.226 e. The zero-order chi connectivity index (χ0) is 15.0. The molecule has 1 aliphatic heterocycles. The number of hydrogen-bond acceptors (Lipinski definition) is 2. The molecular formula is C18H26N2O. The third-order valence-electron chi connectivity index (χ3n) is 4.82. The Kier molecular flexibility index (Phi) is 4.03. The number of amides is 1. The predicted octanol–water partition coefficient (Wildman–Crippen LogP) is 2.73. The van der Waals surface area contributed by atoms with E-state index in [0.717, 1.165) is 26.1 Å². The number of carbonyl (C=O) groups excluding carboxylic acids is 1. The molecule has 2 aliphatic rings. The van der Waals surface area contributed by atoms with Crippen molar-refractivity contribution < 1.29 is 4.79 Å². The molecule has 3 atom stereocenters. The first-order valence-corrected chi connectivity index (χ1v) is 8.18. The van der Waals surface area contributed by atoms with E-state index in [1.807, 2.05) is 4.90 Å². The van der Waals surface area contributed by atoms with Crippen molar-refractivity contribution >= 4 is 5.91 Å². The van der Waals surface area contributed by atoms with Gasteiger partial charge in [-0.25, -0.2) is 0 Å². The van der Waals surface area contributed by atoms with Gasteiger partial charge in [-0.1, -0.05) is 38.1 Å². The van der Waals surface area contributed by atoms with Crippen LogP contribution in [0.4, 0.5) is 0 Å². The number of nitrogens with one attached hydrogen (secondary N) is 1. The van der Waals surface area contributed by atoms with Crippen LogP contribution in [-0.4, -0.2) is 36.5 Å². The molecule has 0 bridgehead atoms. The summed E-state index contributed by atoms with van der Waals surface area (Å²) in [6.45, 7) is 9.21. The maximum absolute atomic E-state index is 12.6. The molecule has 1 saturated heterocycles. The average molecular weight is 286 g/mol. The van der Waals surface area contributed by atoms with Crippen molar-refractivity contribution in [2.45, 2.75) is 45.1 Å². The van der Waals surface area contributed by atoms with E-state index in [0.29, 0.717) is 23.8 Å². The molecule has 0 radical (unpaired) electrons. The molecular weight excluding hydrogens is 260 g/mol. The van der Waals surface area contributed by atoms with E-state index in [9.17, 15) is 4.79 Å². The molecule has 3 unspecified atom stereocenters. The van der Waals surface area contributed by atoms with E-state index >= 15 is 0 Å². The Hall–Kier alpha value is -1.35. The second kappa shape index (κ2) is 5.80. The van der Waals surface area contributed by atoms with Gasteiger partial charge in [0.15, 0.2) is 0 Å². The molecule has 1 amide bonds. The van der Waals surface area contributed by atoms with Crippen LogP contribution in [0.25, 0.3) is 0 Å². The highest BCUT2D eigenvalue weighted by Crippen LogP contribution is 2.48. The summed E-state index contributed by atoms with van der Waals surface area (Å²) in [4.78, 5) is 14.6. The Bertz CT molecular complexity index is 508. The van der Waals surface area contributed by atoms with Crippen LogP contribution >= 0.6 is 0 Å². The lowest BCUT2D eigenvalue weighted by Crippen LogP contribution is -2.51. The molecule has 21 heavy (non-hydrogen) atoms. The van der Waals surface area contributed by atoms with Gasteiger partial charge in [0.05, 0.1) is 0 Å². The summed E-state index contributed by atoms with van der Waals surface area (Å²) in [7, 11) is 0. The fourth-order valence-electron chi connectivity index (χ4n) is 3.33. The summed E-state index contributed by atoms with van der Waals surface area (Å²) in [6.07, 6.45) is 1.03. The van der Waals surface area contributed by atoms with Crippen molar-refractivity contribution in [3.63, 3.8) is 0 Å². The Labute approximate surface area is 127 Å². The number of rotatable bonds is 3. The molecule has 1 aromatic rings. The second-order valence-corrected chi connectivity index (χ2v) is 6.91. The van der Waals surface area contributed by atoms with Crippen LogP contribution in [0.2, 0.25) is 0 Å². The molecule has 1 N–H and O–H groups in total. The zero-order valence-electron chi connectivity index (χ0n) is 13.3. The van der Waals surface area contributed by atoms with Crippen LogP contribution < -0.4 is 5.32 Å². The summed E-state index contributed by atoms with van der Waals surface area (Å²) >= 11 is 0. The molecule has 3 nitrogen and oxygen atoms in total. The number of hydrogen-bond donors (Lipinski definition) is 1. The molecule has 114 valence electrons. The summed E-state index contributed by atoms with van der Waals surface area (Å²) in [5.74, 6) is 1.60. The van der Waals surface area contributed by atoms with E-state index < -0.39 is 0 Å². The minimum absolute atomic E-state index is 0.222. The Morgan fingerprint density at radius 3 is 2.62 bits per heavy atom. The van der Waals surface area contributed by atoms with Gasteiger partial charge >= 0.3 is 0 Å². The fraction of sp³-hybridized carbons (Fsp3) is 0.611. The van der Waals surface area contributed by atoms with Crippen LogP contribution in [-0.2, 0) is 4.79 Å². The highest BCUT2D eigenvalue weighted by molar-refractivity contribution is 5.83. The van der Waals surface area contributed by atoms with Gasteiger partial charge in [0.25, 0.3) is 0 Å². The van der Waals surface area contributed by atoms with Crippen molar-refractivity contribution in [1.82, 2.24) is 10.2 Å². The van der Waals surface area contributed by atoms with Gasteiger partial charge in [0.1, 0.15) is 0 Å². The van der Waals surface area contributed by atoms with Gasteiger partial charge in [-0.05, 0) is 36.3 Å². The van der Waals surface area contributed by atoms with E-state index in [2.05, 4.69) is 50.4 Å². The van der Waals surface area contributed by atoms with Gasteiger partial charge in [-0.3, -0.25) is 4.79 Å².